The van der Waals surface area contributed by atoms with Gasteiger partial charge >= 0.3 is 0 Å². The van der Waals surface area contributed by atoms with E-state index in [1.807, 2.05) is 17.9 Å². The zero-order valence-corrected chi connectivity index (χ0v) is 9.87. The molecular weight excluding hydrogens is 214 g/mol. The molecule has 2 bridgehead atoms. The second-order valence-corrected chi connectivity index (χ2v) is 5.19. The van der Waals surface area contributed by atoms with E-state index in [0.29, 0.717) is 6.04 Å². The lowest BCUT2D eigenvalue weighted by Gasteiger charge is -2.28. The van der Waals surface area contributed by atoms with Gasteiger partial charge in [0, 0.05) is 19.6 Å². The van der Waals surface area contributed by atoms with Crippen molar-refractivity contribution < 1.29 is 0 Å². The molecular formula is C12H15N5. The summed E-state index contributed by atoms with van der Waals surface area (Å²) in [6, 6.07) is 0.693. The first kappa shape index (κ1) is 9.39. The van der Waals surface area contributed by atoms with Crippen LogP contribution in [0.4, 0.5) is 5.82 Å². The lowest BCUT2D eigenvalue weighted by molar-refractivity contribution is 0.551. The lowest BCUT2D eigenvalue weighted by atomic mass is 10.1. The molecule has 0 N–H and O–H groups in total. The molecule has 2 aliphatic rings. The smallest absolute Gasteiger partial charge is 0.163 e. The Morgan fingerprint density at radius 3 is 3.00 bits per heavy atom. The van der Waals surface area contributed by atoms with Crippen LogP contribution in [0.1, 0.15) is 19.3 Å². The molecule has 1 saturated heterocycles. The number of nitrogens with zero attached hydrogens (tertiary/aromatic N) is 5. The number of anilines is 1. The van der Waals surface area contributed by atoms with E-state index in [-0.39, 0.29) is 0 Å². The molecule has 1 aliphatic carbocycles. The van der Waals surface area contributed by atoms with Gasteiger partial charge in [0.25, 0.3) is 0 Å². The summed E-state index contributed by atoms with van der Waals surface area (Å²) in [6.45, 7) is 1.16. The minimum absolute atomic E-state index is 0.693. The highest BCUT2D eigenvalue weighted by Gasteiger charge is 2.39. The van der Waals surface area contributed by atoms with E-state index in [0.717, 1.165) is 29.3 Å². The average Bonchev–Trinajstić information content (AvgIpc) is 3.04. The van der Waals surface area contributed by atoms with Crippen LogP contribution >= 0.6 is 0 Å². The van der Waals surface area contributed by atoms with Gasteiger partial charge in [-0.2, -0.15) is 5.10 Å². The van der Waals surface area contributed by atoms with Gasteiger partial charge in [-0.3, -0.25) is 4.68 Å². The fourth-order valence-corrected chi connectivity index (χ4v) is 3.36. The Morgan fingerprint density at radius 2 is 2.24 bits per heavy atom. The Morgan fingerprint density at radius 1 is 1.29 bits per heavy atom. The minimum Gasteiger partial charge on any atom is -0.353 e. The molecule has 5 nitrogen and oxygen atoms in total. The summed E-state index contributed by atoms with van der Waals surface area (Å²) in [6.07, 6.45) is 7.59. The molecule has 2 unspecified atom stereocenters. The van der Waals surface area contributed by atoms with Crippen molar-refractivity contribution in [1.29, 1.82) is 0 Å². The highest BCUT2D eigenvalue weighted by atomic mass is 15.3. The van der Waals surface area contributed by atoms with Gasteiger partial charge in [-0.25, -0.2) is 9.97 Å². The van der Waals surface area contributed by atoms with Crippen molar-refractivity contribution in [3.05, 3.63) is 12.5 Å². The van der Waals surface area contributed by atoms with E-state index in [4.69, 9.17) is 0 Å². The molecule has 1 aliphatic heterocycles. The first-order valence-electron chi connectivity index (χ1n) is 6.22. The molecule has 0 amide bonds. The van der Waals surface area contributed by atoms with Crippen molar-refractivity contribution in [2.75, 3.05) is 11.4 Å². The fourth-order valence-electron chi connectivity index (χ4n) is 3.36. The van der Waals surface area contributed by atoms with Crippen LogP contribution in [0.2, 0.25) is 0 Å². The van der Waals surface area contributed by atoms with E-state index < -0.39 is 0 Å². The molecule has 17 heavy (non-hydrogen) atoms. The number of fused-ring (bicyclic) bond motifs is 3. The molecule has 0 aromatic carbocycles. The Hall–Kier alpha value is -1.65. The van der Waals surface area contributed by atoms with Gasteiger partial charge in [0.1, 0.15) is 12.1 Å². The van der Waals surface area contributed by atoms with Crippen molar-refractivity contribution in [2.24, 2.45) is 13.0 Å². The second kappa shape index (κ2) is 3.18. The molecule has 88 valence electrons. The third-order valence-electron chi connectivity index (χ3n) is 4.19. The van der Waals surface area contributed by atoms with Crippen LogP contribution in [0.3, 0.4) is 0 Å². The van der Waals surface area contributed by atoms with Gasteiger partial charge in [-0.05, 0) is 25.2 Å². The molecule has 0 spiro atoms. The maximum atomic E-state index is 4.48. The topological polar surface area (TPSA) is 46.8 Å². The fraction of sp³-hybridized carbons (Fsp3) is 0.583. The Labute approximate surface area is 99.5 Å². The van der Waals surface area contributed by atoms with E-state index >= 15 is 0 Å². The average molecular weight is 229 g/mol. The van der Waals surface area contributed by atoms with Crippen LogP contribution in [-0.4, -0.2) is 32.3 Å². The Kier molecular flexibility index (Phi) is 1.76. The first-order valence-corrected chi connectivity index (χ1v) is 6.22. The molecule has 2 aromatic heterocycles. The lowest BCUT2D eigenvalue weighted by Crippen LogP contribution is -2.32. The summed E-state index contributed by atoms with van der Waals surface area (Å²) < 4.78 is 1.81. The predicted octanol–water partition coefficient (Wildman–Crippen LogP) is 1.35. The summed E-state index contributed by atoms with van der Waals surface area (Å²) in [5.74, 6) is 1.96. The maximum absolute atomic E-state index is 4.48. The van der Waals surface area contributed by atoms with Crippen LogP contribution < -0.4 is 4.90 Å². The summed E-state index contributed by atoms with van der Waals surface area (Å²) in [5.41, 5.74) is 0.928. The van der Waals surface area contributed by atoms with Crippen molar-refractivity contribution in [3.63, 3.8) is 0 Å². The molecule has 5 heteroatoms. The SMILES string of the molecule is Cn1ncc2c(N3CC4CCC3C4)ncnc21. The number of hydrogen-bond acceptors (Lipinski definition) is 4. The normalized spacial score (nSPS) is 27.2. The summed E-state index contributed by atoms with van der Waals surface area (Å²) in [7, 11) is 1.93. The van der Waals surface area contributed by atoms with E-state index in [1.165, 1.54) is 19.3 Å². The zero-order chi connectivity index (χ0) is 11.4. The number of aromatic nitrogens is 4. The Balaban J connectivity index is 1.85. The molecule has 2 fully saturated rings. The highest BCUT2D eigenvalue weighted by Crippen LogP contribution is 2.40. The Bertz CT molecular complexity index is 575. The molecule has 2 atom stereocenters. The predicted molar refractivity (Wildman–Crippen MR) is 64.8 cm³/mol. The van der Waals surface area contributed by atoms with Gasteiger partial charge in [0.05, 0.1) is 11.6 Å². The van der Waals surface area contributed by atoms with E-state index in [1.54, 1.807) is 6.33 Å². The molecule has 0 radical (unpaired) electrons. The summed E-state index contributed by atoms with van der Waals surface area (Å²) in [4.78, 5) is 11.2. The first-order chi connectivity index (χ1) is 8.33. The van der Waals surface area contributed by atoms with Crippen molar-refractivity contribution in [2.45, 2.75) is 25.3 Å². The van der Waals surface area contributed by atoms with Crippen LogP contribution in [0.15, 0.2) is 12.5 Å². The molecule has 1 saturated carbocycles. The minimum atomic E-state index is 0.693. The number of aryl methyl sites for hydroxylation is 1. The van der Waals surface area contributed by atoms with Gasteiger partial charge in [-0.1, -0.05) is 0 Å². The molecule has 2 aromatic rings. The van der Waals surface area contributed by atoms with E-state index in [9.17, 15) is 0 Å². The van der Waals surface area contributed by atoms with Crippen LogP contribution in [0, 0.1) is 5.92 Å². The maximum Gasteiger partial charge on any atom is 0.163 e. The van der Waals surface area contributed by atoms with Crippen LogP contribution in [-0.2, 0) is 7.05 Å². The number of hydrogen-bond donors (Lipinski definition) is 0. The quantitative estimate of drug-likeness (QED) is 0.740. The zero-order valence-electron chi connectivity index (χ0n) is 9.87. The van der Waals surface area contributed by atoms with E-state index in [2.05, 4.69) is 20.0 Å². The highest BCUT2D eigenvalue weighted by molar-refractivity contribution is 5.86. The number of piperidine rings is 1. The second-order valence-electron chi connectivity index (χ2n) is 5.19. The van der Waals surface area contributed by atoms with Crippen molar-refractivity contribution >= 4 is 16.9 Å². The van der Waals surface area contributed by atoms with Crippen molar-refractivity contribution in [3.8, 4) is 0 Å². The molecule has 3 heterocycles. The monoisotopic (exact) mass is 229 g/mol. The standard InChI is InChI=1S/C12H15N5/c1-16-11-10(5-15-16)12(14-7-13-11)17-6-8-2-3-9(17)4-8/h5,7-9H,2-4,6H2,1H3. The van der Waals surface area contributed by atoms with Crippen LogP contribution in [0.25, 0.3) is 11.0 Å². The molecule has 4 rings (SSSR count). The van der Waals surface area contributed by atoms with Gasteiger partial charge < -0.3 is 4.90 Å². The van der Waals surface area contributed by atoms with Crippen molar-refractivity contribution in [1.82, 2.24) is 19.7 Å². The third kappa shape index (κ3) is 1.22. The number of rotatable bonds is 1. The van der Waals surface area contributed by atoms with Crippen LogP contribution in [0.5, 0.6) is 0 Å². The van der Waals surface area contributed by atoms with Gasteiger partial charge in [0.2, 0.25) is 0 Å². The summed E-state index contributed by atoms with van der Waals surface area (Å²) >= 11 is 0. The third-order valence-corrected chi connectivity index (χ3v) is 4.19. The van der Waals surface area contributed by atoms with Gasteiger partial charge in [0.15, 0.2) is 5.65 Å². The van der Waals surface area contributed by atoms with Gasteiger partial charge in [-0.15, -0.1) is 0 Å². The summed E-state index contributed by atoms with van der Waals surface area (Å²) in [5, 5.41) is 5.36. The largest absolute Gasteiger partial charge is 0.353 e.